The number of hydrogen-bond acceptors (Lipinski definition) is 6. The van der Waals surface area contributed by atoms with E-state index in [0.717, 1.165) is 37.7 Å². The zero-order valence-corrected chi connectivity index (χ0v) is 19.5. The lowest BCUT2D eigenvalue weighted by Gasteiger charge is -2.26. The van der Waals surface area contributed by atoms with Crippen LogP contribution < -0.4 is 9.80 Å². The molecule has 1 fully saturated rings. The van der Waals surface area contributed by atoms with Crippen molar-refractivity contribution >= 4 is 38.6 Å². The molecule has 0 aliphatic carbocycles. The Balaban J connectivity index is 1.53. The average molecular weight is 466 g/mol. The van der Waals surface area contributed by atoms with Crippen molar-refractivity contribution in [2.24, 2.45) is 0 Å². The van der Waals surface area contributed by atoms with Crippen LogP contribution >= 0.6 is 0 Å². The Morgan fingerprint density at radius 1 is 0.818 bits per heavy atom. The number of amides is 1. The molecule has 0 unspecified atom stereocenters. The van der Waals surface area contributed by atoms with Gasteiger partial charge in [-0.05, 0) is 49.6 Å². The molecule has 1 amide bonds. The summed E-state index contributed by atoms with van der Waals surface area (Å²) in [6.07, 6.45) is 3.52. The third-order valence-electron chi connectivity index (χ3n) is 6.31. The van der Waals surface area contributed by atoms with E-state index in [4.69, 9.17) is 9.97 Å². The second-order valence-corrected chi connectivity index (χ2v) is 10.5. The molecule has 0 radical (unpaired) electrons. The first-order chi connectivity index (χ1) is 15.9. The number of carbonyl (C=O) groups excluding carboxylic acids is 1. The molecule has 3 aromatic rings. The molecule has 0 bridgehead atoms. The molecule has 0 saturated carbocycles. The van der Waals surface area contributed by atoms with Gasteiger partial charge in [0.15, 0.2) is 11.6 Å². The predicted molar refractivity (Wildman–Crippen MR) is 128 cm³/mol. The number of piperidine rings is 1. The maximum absolute atomic E-state index is 13.6. The highest BCUT2D eigenvalue weighted by molar-refractivity contribution is 7.89. The van der Waals surface area contributed by atoms with Gasteiger partial charge in [-0.3, -0.25) is 9.69 Å². The first-order valence-electron chi connectivity index (χ1n) is 11.4. The van der Waals surface area contributed by atoms with Gasteiger partial charge in [0.1, 0.15) is 0 Å². The third kappa shape index (κ3) is 4.06. The number of sulfonamides is 1. The van der Waals surface area contributed by atoms with Gasteiger partial charge in [-0.25, -0.2) is 18.4 Å². The van der Waals surface area contributed by atoms with Gasteiger partial charge >= 0.3 is 0 Å². The van der Waals surface area contributed by atoms with E-state index < -0.39 is 10.0 Å². The molecule has 1 aromatic heterocycles. The lowest BCUT2D eigenvalue weighted by atomic mass is 10.2. The minimum Gasteiger partial charge on any atom is -0.357 e. The van der Waals surface area contributed by atoms with E-state index in [1.165, 1.54) is 10.4 Å². The van der Waals surface area contributed by atoms with Crippen LogP contribution in [0.3, 0.4) is 0 Å². The summed E-state index contributed by atoms with van der Waals surface area (Å²) in [7, 11) is -1.68. The van der Waals surface area contributed by atoms with Gasteiger partial charge in [-0.15, -0.1) is 0 Å². The van der Waals surface area contributed by atoms with Crippen LogP contribution in [0.2, 0.25) is 0 Å². The fourth-order valence-corrected chi connectivity index (χ4v) is 6.06. The number of para-hydroxylation sites is 2. The third-order valence-corrected chi connectivity index (χ3v) is 8.20. The van der Waals surface area contributed by atoms with Crippen LogP contribution in [0.5, 0.6) is 0 Å². The number of fused-ring (bicyclic) bond motifs is 2. The molecular weight excluding hydrogens is 438 g/mol. The fourth-order valence-electron chi connectivity index (χ4n) is 4.49. The van der Waals surface area contributed by atoms with Crippen LogP contribution in [-0.4, -0.2) is 61.8 Å². The highest BCUT2D eigenvalue weighted by atomic mass is 32.2. The quantitative estimate of drug-likeness (QED) is 0.590. The summed E-state index contributed by atoms with van der Waals surface area (Å²) in [5.74, 6) is 0.881. The second-order valence-electron chi connectivity index (χ2n) is 8.58. The minimum atomic E-state index is -3.63. The Hall–Kier alpha value is -3.04. The normalized spacial score (nSPS) is 17.6. The van der Waals surface area contributed by atoms with Gasteiger partial charge in [-0.2, -0.15) is 4.31 Å². The monoisotopic (exact) mass is 465 g/mol. The number of benzene rings is 2. The number of hydrogen-bond donors (Lipinski definition) is 0. The molecule has 0 spiro atoms. The Morgan fingerprint density at radius 3 is 2.24 bits per heavy atom. The van der Waals surface area contributed by atoms with Crippen molar-refractivity contribution in [2.45, 2.75) is 30.6 Å². The molecule has 2 aromatic carbocycles. The minimum absolute atomic E-state index is 0.159. The molecule has 1 saturated heterocycles. The number of carbonyl (C=O) groups is 1. The van der Waals surface area contributed by atoms with Crippen molar-refractivity contribution in [3.63, 3.8) is 0 Å². The summed E-state index contributed by atoms with van der Waals surface area (Å²) in [5, 5.41) is 0. The van der Waals surface area contributed by atoms with E-state index in [1.807, 2.05) is 36.2 Å². The van der Waals surface area contributed by atoms with Crippen molar-refractivity contribution in [3.8, 4) is 0 Å². The van der Waals surface area contributed by atoms with Crippen molar-refractivity contribution in [3.05, 3.63) is 54.1 Å². The summed E-state index contributed by atoms with van der Waals surface area (Å²) in [5.41, 5.74) is 1.82. The molecule has 0 atom stereocenters. The van der Waals surface area contributed by atoms with Gasteiger partial charge < -0.3 is 4.90 Å². The van der Waals surface area contributed by atoms with Crippen molar-refractivity contribution in [2.75, 3.05) is 43.0 Å². The fraction of sp³-hybridized carbons (Fsp3) is 0.375. The van der Waals surface area contributed by atoms with E-state index in [1.54, 1.807) is 23.1 Å². The van der Waals surface area contributed by atoms with Gasteiger partial charge in [0.25, 0.3) is 5.91 Å². The highest BCUT2D eigenvalue weighted by Crippen LogP contribution is 2.31. The molecule has 5 rings (SSSR count). The van der Waals surface area contributed by atoms with Crippen LogP contribution in [-0.2, 0) is 10.0 Å². The van der Waals surface area contributed by atoms with Crippen molar-refractivity contribution < 1.29 is 13.2 Å². The van der Waals surface area contributed by atoms with Gasteiger partial charge in [0, 0.05) is 38.8 Å². The smallest absolute Gasteiger partial charge is 0.259 e. The van der Waals surface area contributed by atoms with Crippen LogP contribution in [0, 0.1) is 0 Å². The molecular formula is C24H27N5O3S. The molecule has 33 heavy (non-hydrogen) atoms. The maximum atomic E-state index is 13.6. The molecule has 0 N–H and O–H groups in total. The van der Waals surface area contributed by atoms with Crippen LogP contribution in [0.15, 0.2) is 53.4 Å². The van der Waals surface area contributed by atoms with Crippen LogP contribution in [0.1, 0.15) is 36.0 Å². The number of aromatic nitrogens is 2. The predicted octanol–water partition coefficient (Wildman–Crippen LogP) is 3.29. The number of rotatable bonds is 3. The van der Waals surface area contributed by atoms with Gasteiger partial charge in [0.05, 0.1) is 15.9 Å². The Labute approximate surface area is 193 Å². The molecule has 172 valence electrons. The lowest BCUT2D eigenvalue weighted by Crippen LogP contribution is -2.36. The molecule has 9 heteroatoms. The SMILES string of the molecule is CN1CCCN(C(=O)c2cccc(S(=O)(=O)N3CCCCC3)c2)c2nc3ccccc3nc21. The first-order valence-corrected chi connectivity index (χ1v) is 12.8. The Bertz CT molecular complexity index is 1300. The molecule has 2 aliphatic heterocycles. The first kappa shape index (κ1) is 21.8. The van der Waals surface area contributed by atoms with E-state index in [9.17, 15) is 13.2 Å². The molecule has 2 aliphatic rings. The zero-order valence-electron chi connectivity index (χ0n) is 18.6. The van der Waals surface area contributed by atoms with E-state index >= 15 is 0 Å². The molecule has 8 nitrogen and oxygen atoms in total. The van der Waals surface area contributed by atoms with Crippen molar-refractivity contribution in [1.29, 1.82) is 0 Å². The maximum Gasteiger partial charge on any atom is 0.259 e. The van der Waals surface area contributed by atoms with Crippen LogP contribution in [0.25, 0.3) is 11.0 Å². The highest BCUT2D eigenvalue weighted by Gasteiger charge is 2.30. The van der Waals surface area contributed by atoms with E-state index in [2.05, 4.69) is 0 Å². The standard InChI is InChI=1S/C24H27N5O3S/c1-27-13-8-16-29(23-22(27)25-20-11-3-4-12-21(20)26-23)24(30)18-9-7-10-19(17-18)33(31,32)28-14-5-2-6-15-28/h3-4,7,9-12,17H,2,5-6,8,13-16H2,1H3. The second kappa shape index (κ2) is 8.72. The van der Waals surface area contributed by atoms with Gasteiger partial charge in [-0.1, -0.05) is 24.6 Å². The molecule has 3 heterocycles. The lowest BCUT2D eigenvalue weighted by molar-refractivity contribution is 0.0986. The summed E-state index contributed by atoms with van der Waals surface area (Å²) in [6, 6.07) is 14.0. The van der Waals surface area contributed by atoms with E-state index in [-0.39, 0.29) is 10.8 Å². The zero-order chi connectivity index (χ0) is 23.0. The number of anilines is 2. The summed E-state index contributed by atoms with van der Waals surface area (Å²) in [6.45, 7) is 2.27. The van der Waals surface area contributed by atoms with Crippen molar-refractivity contribution in [1.82, 2.24) is 14.3 Å². The van der Waals surface area contributed by atoms with Gasteiger partial charge in [0.2, 0.25) is 10.0 Å². The topological polar surface area (TPSA) is 86.7 Å². The van der Waals surface area contributed by atoms with E-state index in [0.29, 0.717) is 42.4 Å². The Kier molecular flexibility index (Phi) is 5.76. The summed E-state index contributed by atoms with van der Waals surface area (Å²) < 4.78 is 27.8. The largest absolute Gasteiger partial charge is 0.357 e. The number of nitrogens with zero attached hydrogens (tertiary/aromatic N) is 5. The summed E-state index contributed by atoms with van der Waals surface area (Å²) >= 11 is 0. The average Bonchev–Trinajstić information content (AvgIpc) is 3.01. The summed E-state index contributed by atoms with van der Waals surface area (Å²) in [4.78, 5) is 27.0. The van der Waals surface area contributed by atoms with Crippen LogP contribution in [0.4, 0.5) is 11.6 Å². The Morgan fingerprint density at radius 2 is 1.52 bits per heavy atom.